The first kappa shape index (κ1) is 50.8. The second-order valence-electron chi connectivity index (χ2n) is 15.5. The number of aromatic nitrogens is 4. The van der Waals surface area contributed by atoms with E-state index in [-0.39, 0.29) is 37.0 Å². The van der Waals surface area contributed by atoms with E-state index in [4.69, 9.17) is 40.4 Å². The van der Waals surface area contributed by atoms with Crippen LogP contribution in [-0.4, -0.2) is 96.2 Å². The van der Waals surface area contributed by atoms with Crippen LogP contribution in [0.3, 0.4) is 0 Å². The summed E-state index contributed by atoms with van der Waals surface area (Å²) in [6.45, 7) is 11.0. The number of pyridine rings is 1. The second kappa shape index (κ2) is 26.1. The van der Waals surface area contributed by atoms with Gasteiger partial charge < -0.3 is 29.1 Å². The van der Waals surface area contributed by atoms with E-state index < -0.39 is 11.9 Å². The number of rotatable bonds is 26. The van der Waals surface area contributed by atoms with E-state index in [0.717, 1.165) is 45.2 Å². The van der Waals surface area contributed by atoms with Crippen molar-refractivity contribution in [3.05, 3.63) is 126 Å². The molecule has 0 spiro atoms. The van der Waals surface area contributed by atoms with Crippen molar-refractivity contribution in [3.8, 4) is 16.8 Å². The molecule has 15 nitrogen and oxygen atoms in total. The van der Waals surface area contributed by atoms with Gasteiger partial charge in [-0.15, -0.1) is 21.5 Å². The van der Waals surface area contributed by atoms with Gasteiger partial charge in [-0.2, -0.15) is 5.26 Å². The highest BCUT2D eigenvalue weighted by Gasteiger charge is 2.32. The third-order valence-corrected chi connectivity index (χ3v) is 12.5. The van der Waals surface area contributed by atoms with Crippen molar-refractivity contribution in [1.82, 2.24) is 25.1 Å². The van der Waals surface area contributed by atoms with Crippen LogP contribution in [0.1, 0.15) is 95.6 Å². The van der Waals surface area contributed by atoms with Crippen LogP contribution in [0.2, 0.25) is 5.02 Å². The number of nitrogens with zero attached hydrogens (tertiary/aromatic N) is 7. The SMILES string of the molecule is CCC[C@H](NC(=O)/C(C#N)=C/c1cccc(Br)n1)c1ccc(OC/C=N/OCCOCCOCCOCCCC(=O)C[C@@H]2N=C(c3ccc(Cl)cc3)c3c(sc(C)c3C)-n3c(C)nnc32)cc1. The van der Waals surface area contributed by atoms with Gasteiger partial charge in [-0.05, 0) is 103 Å². The van der Waals surface area contributed by atoms with Crippen LogP contribution in [0.15, 0.2) is 87.1 Å². The van der Waals surface area contributed by atoms with Crippen LogP contribution in [0.4, 0.5) is 0 Å². The van der Waals surface area contributed by atoms with Gasteiger partial charge in [0.2, 0.25) is 0 Å². The molecule has 0 radical (unpaired) electrons. The first-order valence-corrected chi connectivity index (χ1v) is 24.1. The first-order chi connectivity index (χ1) is 32.6. The summed E-state index contributed by atoms with van der Waals surface area (Å²) in [5, 5.41) is 27.1. The molecule has 0 saturated heterocycles. The predicted octanol–water partition coefficient (Wildman–Crippen LogP) is 9.39. The van der Waals surface area contributed by atoms with Gasteiger partial charge in [0, 0.05) is 40.5 Å². The van der Waals surface area contributed by atoms with Gasteiger partial charge in [0.1, 0.15) is 57.9 Å². The van der Waals surface area contributed by atoms with Crippen molar-refractivity contribution >= 4 is 68.6 Å². The maximum absolute atomic E-state index is 13.3. The smallest absolute Gasteiger partial charge is 0.262 e. The van der Waals surface area contributed by atoms with Crippen molar-refractivity contribution in [1.29, 1.82) is 5.26 Å². The van der Waals surface area contributed by atoms with Crippen LogP contribution in [-0.2, 0) is 28.6 Å². The lowest BCUT2D eigenvalue weighted by atomic mass is 9.99. The number of aryl methyl sites for hydroxylation is 2. The molecule has 6 rings (SSSR count). The predicted molar refractivity (Wildman–Crippen MR) is 262 cm³/mol. The van der Waals surface area contributed by atoms with Crippen molar-refractivity contribution in [3.63, 3.8) is 0 Å². The average molecular weight is 1010 g/mol. The number of hydrogen-bond acceptors (Lipinski definition) is 14. The Bertz CT molecular complexity index is 2570. The third-order valence-electron chi connectivity index (χ3n) is 10.6. The highest BCUT2D eigenvalue weighted by molar-refractivity contribution is 9.10. The number of benzene rings is 2. The molecule has 5 aromatic rings. The van der Waals surface area contributed by atoms with Gasteiger partial charge >= 0.3 is 0 Å². The number of nitrogens with one attached hydrogen (secondary N) is 1. The maximum atomic E-state index is 13.3. The minimum Gasteiger partial charge on any atom is -0.488 e. The first-order valence-electron chi connectivity index (χ1n) is 22.1. The summed E-state index contributed by atoms with van der Waals surface area (Å²) in [5.74, 6) is 1.67. The van der Waals surface area contributed by atoms with Crippen LogP contribution >= 0.6 is 38.9 Å². The fourth-order valence-corrected chi connectivity index (χ4v) is 8.87. The van der Waals surface area contributed by atoms with Gasteiger partial charge in [-0.25, -0.2) is 4.98 Å². The summed E-state index contributed by atoms with van der Waals surface area (Å²) < 4.78 is 25.3. The maximum Gasteiger partial charge on any atom is 0.262 e. The fraction of sp³-hybridized carbons (Fsp3) is 0.388. The molecule has 1 aliphatic rings. The summed E-state index contributed by atoms with van der Waals surface area (Å²) in [6, 6.07) is 21.6. The molecular formula is C49H54BrClN8O7S. The zero-order valence-corrected chi connectivity index (χ0v) is 41.2. The van der Waals surface area contributed by atoms with Gasteiger partial charge in [-0.1, -0.05) is 60.4 Å². The fourth-order valence-electron chi connectivity index (χ4n) is 7.17. The van der Waals surface area contributed by atoms with Gasteiger partial charge in [0.25, 0.3) is 5.91 Å². The van der Waals surface area contributed by atoms with Crippen LogP contribution < -0.4 is 10.1 Å². The number of carbonyl (C=O) groups is 2. The normalized spacial score (nSPS) is 13.9. The Morgan fingerprint density at radius 2 is 1.69 bits per heavy atom. The van der Waals surface area contributed by atoms with Gasteiger partial charge in [0.15, 0.2) is 5.82 Å². The number of oxime groups is 1. The Balaban J connectivity index is 0.806. The number of fused-ring (bicyclic) bond motifs is 3. The number of Topliss-reactive ketones (excluding diaryl/α,β-unsaturated/α-hetero) is 1. The third kappa shape index (κ3) is 14.7. The highest BCUT2D eigenvalue weighted by Crippen LogP contribution is 2.40. The van der Waals surface area contributed by atoms with E-state index in [1.165, 1.54) is 17.2 Å². The van der Waals surface area contributed by atoms with E-state index >= 15 is 0 Å². The molecule has 67 heavy (non-hydrogen) atoms. The number of carbonyl (C=O) groups excluding carboxylic acids is 2. The summed E-state index contributed by atoms with van der Waals surface area (Å²) in [6.07, 6.45) is 5.66. The molecule has 1 aliphatic heterocycles. The molecule has 0 saturated carbocycles. The Labute approximate surface area is 408 Å². The number of ether oxygens (including phenoxy) is 4. The molecule has 0 aliphatic carbocycles. The molecule has 3 aromatic heterocycles. The molecule has 1 N–H and O–H groups in total. The molecule has 0 bridgehead atoms. The Kier molecular flexibility index (Phi) is 19.8. The van der Waals surface area contributed by atoms with Crippen molar-refractivity contribution in [2.75, 3.05) is 52.9 Å². The second-order valence-corrected chi connectivity index (χ2v) is 17.9. The summed E-state index contributed by atoms with van der Waals surface area (Å²) in [7, 11) is 0. The van der Waals surface area contributed by atoms with Gasteiger partial charge in [-0.3, -0.25) is 19.1 Å². The van der Waals surface area contributed by atoms with E-state index in [1.807, 2.05) is 68.4 Å². The number of halogens is 2. The summed E-state index contributed by atoms with van der Waals surface area (Å²) in [4.78, 5) is 42.2. The van der Waals surface area contributed by atoms with Crippen LogP contribution in [0.5, 0.6) is 5.75 Å². The van der Waals surface area contributed by atoms with Crippen molar-refractivity contribution < 1.29 is 33.4 Å². The Morgan fingerprint density at radius 1 is 0.970 bits per heavy atom. The number of nitriles is 1. The molecule has 2 atom stereocenters. The largest absolute Gasteiger partial charge is 0.488 e. The highest BCUT2D eigenvalue weighted by atomic mass is 79.9. The van der Waals surface area contributed by atoms with E-state index in [9.17, 15) is 14.9 Å². The molecule has 0 unspecified atom stereocenters. The standard InChI is InChI=1S/C49H54BrClN8O7S/c1-5-8-42(56-48(61)37(31-52)29-39-9-6-11-44(50)54-39)35-14-18-41(19-15-35)65-22-20-53-66-28-27-64-26-25-63-24-23-62-21-7-10-40(60)30-43-47-58-57-34(4)59(47)49-45(32(2)33(3)67-49)46(55-43)36-12-16-38(51)17-13-36/h6,9,11-20,29,42-43H,5,7-8,10,21-28,30H2,1-4H3,(H,56,61)/b37-29+,53-20+/t42-,43-/m0/s1. The Morgan fingerprint density at radius 3 is 2.39 bits per heavy atom. The molecule has 352 valence electrons. The van der Waals surface area contributed by atoms with E-state index in [0.29, 0.717) is 85.8 Å². The number of hydrogen-bond donors (Lipinski definition) is 1. The molecule has 4 heterocycles. The number of ketones is 1. The number of amides is 1. The zero-order chi connectivity index (χ0) is 47.5. The topological polar surface area (TPSA) is 184 Å². The molecule has 2 aromatic carbocycles. The summed E-state index contributed by atoms with van der Waals surface area (Å²) >= 11 is 11.2. The molecule has 1 amide bonds. The van der Waals surface area contributed by atoms with Gasteiger partial charge in [0.05, 0.1) is 56.7 Å². The lowest BCUT2D eigenvalue weighted by molar-refractivity contribution is -0.120. The number of aliphatic imine (C=N–C) groups is 1. The van der Waals surface area contributed by atoms with Crippen molar-refractivity contribution in [2.24, 2.45) is 10.1 Å². The average Bonchev–Trinajstić information content (AvgIpc) is 3.80. The molecule has 0 fully saturated rings. The monoisotopic (exact) mass is 1010 g/mol. The quantitative estimate of drug-likeness (QED) is 0.0139. The van der Waals surface area contributed by atoms with Crippen LogP contribution in [0, 0.1) is 32.1 Å². The molecule has 18 heteroatoms. The summed E-state index contributed by atoms with van der Waals surface area (Å²) in [5.41, 5.74) is 5.31. The zero-order valence-electron chi connectivity index (χ0n) is 38.0. The minimum absolute atomic E-state index is 0.0267. The lowest BCUT2D eigenvalue weighted by Crippen LogP contribution is -2.29. The lowest BCUT2D eigenvalue weighted by Gasteiger charge is -2.19. The van der Waals surface area contributed by atoms with E-state index in [1.54, 1.807) is 29.5 Å². The molecular weight excluding hydrogens is 960 g/mol. The van der Waals surface area contributed by atoms with Crippen LogP contribution in [0.25, 0.3) is 11.1 Å². The van der Waals surface area contributed by atoms with E-state index in [2.05, 4.69) is 60.0 Å². The Hall–Kier alpha value is -5.61. The number of thiophene rings is 1. The van der Waals surface area contributed by atoms with Crippen molar-refractivity contribution in [2.45, 2.75) is 71.9 Å². The minimum atomic E-state index is -0.487.